The molecule has 2 heterocycles. The predicted molar refractivity (Wildman–Crippen MR) is 66.6 cm³/mol. The number of hydrogen-bond donors (Lipinski definition) is 0. The minimum absolute atomic E-state index is 0.340. The largest absolute Gasteiger partial charge is 0.338 e. The maximum absolute atomic E-state index is 5.30. The minimum Gasteiger partial charge on any atom is -0.338 e. The molecule has 1 aromatic heterocycles. The molecule has 1 aliphatic rings. The molecule has 2 atom stereocenters. The molecule has 2 rings (SSSR count). The number of piperidine rings is 1. The first kappa shape index (κ1) is 12.6. The zero-order valence-corrected chi connectivity index (χ0v) is 11.3. The fraction of sp³-hybridized carbons (Fsp3) is 0.846. The molecule has 2 unspecified atom stereocenters. The maximum atomic E-state index is 5.30. The van der Waals surface area contributed by atoms with E-state index in [1.54, 1.807) is 0 Å². The number of likely N-dealkylation sites (tertiary alicyclic amines) is 1. The van der Waals surface area contributed by atoms with Gasteiger partial charge in [0, 0.05) is 19.0 Å². The highest BCUT2D eigenvalue weighted by molar-refractivity contribution is 4.92. The molecule has 1 saturated heterocycles. The zero-order chi connectivity index (χ0) is 12.4. The quantitative estimate of drug-likeness (QED) is 0.810. The van der Waals surface area contributed by atoms with Crippen LogP contribution in [-0.2, 0) is 6.54 Å². The van der Waals surface area contributed by atoms with Gasteiger partial charge in [-0.3, -0.25) is 4.90 Å². The van der Waals surface area contributed by atoms with Crippen LogP contribution >= 0.6 is 0 Å². The summed E-state index contributed by atoms with van der Waals surface area (Å²) in [6, 6.07) is 0. The van der Waals surface area contributed by atoms with Crippen molar-refractivity contribution in [1.82, 2.24) is 15.0 Å². The van der Waals surface area contributed by atoms with E-state index in [4.69, 9.17) is 4.52 Å². The molecule has 1 aromatic rings. The summed E-state index contributed by atoms with van der Waals surface area (Å²) < 4.78 is 5.30. The van der Waals surface area contributed by atoms with Gasteiger partial charge in [-0.05, 0) is 18.3 Å². The van der Waals surface area contributed by atoms with E-state index in [0.717, 1.165) is 43.2 Å². The molecular weight excluding hydrogens is 214 g/mol. The smallest absolute Gasteiger partial charge is 0.240 e. The summed E-state index contributed by atoms with van der Waals surface area (Å²) >= 11 is 0. The average molecular weight is 237 g/mol. The highest BCUT2D eigenvalue weighted by Gasteiger charge is 2.23. The number of aromatic nitrogens is 2. The van der Waals surface area contributed by atoms with Gasteiger partial charge in [-0.25, -0.2) is 0 Å². The van der Waals surface area contributed by atoms with Gasteiger partial charge >= 0.3 is 0 Å². The van der Waals surface area contributed by atoms with Crippen molar-refractivity contribution in [2.45, 2.75) is 46.6 Å². The van der Waals surface area contributed by atoms with E-state index >= 15 is 0 Å². The van der Waals surface area contributed by atoms with Gasteiger partial charge < -0.3 is 4.52 Å². The molecule has 96 valence electrons. The van der Waals surface area contributed by atoms with Crippen LogP contribution in [0.5, 0.6) is 0 Å². The van der Waals surface area contributed by atoms with Gasteiger partial charge in [-0.15, -0.1) is 0 Å². The predicted octanol–water partition coefficient (Wildman–Crippen LogP) is 2.67. The van der Waals surface area contributed by atoms with Gasteiger partial charge in [0.25, 0.3) is 0 Å². The molecule has 0 aliphatic carbocycles. The average Bonchev–Trinajstić information content (AvgIpc) is 2.64. The van der Waals surface area contributed by atoms with Crippen LogP contribution in [0.4, 0.5) is 0 Å². The number of nitrogens with zero attached hydrogens (tertiary/aromatic N) is 3. The Labute approximate surface area is 103 Å². The molecule has 0 N–H and O–H groups in total. The molecule has 0 amide bonds. The molecule has 0 aromatic carbocycles. The fourth-order valence-electron chi connectivity index (χ4n) is 2.68. The second-order valence-electron chi connectivity index (χ2n) is 5.84. The fourth-order valence-corrected chi connectivity index (χ4v) is 2.68. The van der Waals surface area contributed by atoms with Crippen LogP contribution in [0.15, 0.2) is 4.52 Å². The standard InChI is InChI=1S/C13H23N3O/c1-9(2)13-14-12(17-15-13)8-16-6-10(3)5-11(4)7-16/h9-11H,5-8H2,1-4H3. The van der Waals surface area contributed by atoms with Crippen LogP contribution in [0.1, 0.15) is 51.7 Å². The molecule has 17 heavy (non-hydrogen) atoms. The molecule has 1 aliphatic heterocycles. The Hall–Kier alpha value is -0.900. The highest BCUT2D eigenvalue weighted by atomic mass is 16.5. The van der Waals surface area contributed by atoms with Crippen molar-refractivity contribution in [3.8, 4) is 0 Å². The third-order valence-corrected chi connectivity index (χ3v) is 3.30. The van der Waals surface area contributed by atoms with E-state index in [0.29, 0.717) is 5.92 Å². The SMILES string of the molecule is CC1CC(C)CN(Cc2nc(C(C)C)no2)C1. The second kappa shape index (κ2) is 5.17. The number of rotatable bonds is 3. The third kappa shape index (κ3) is 3.28. The van der Waals surface area contributed by atoms with Crippen molar-refractivity contribution in [1.29, 1.82) is 0 Å². The Balaban J connectivity index is 1.95. The molecule has 0 bridgehead atoms. The first-order valence-electron chi connectivity index (χ1n) is 6.59. The molecular formula is C13H23N3O. The summed E-state index contributed by atoms with van der Waals surface area (Å²) in [5.41, 5.74) is 0. The maximum Gasteiger partial charge on any atom is 0.240 e. The van der Waals surface area contributed by atoms with E-state index in [9.17, 15) is 0 Å². The van der Waals surface area contributed by atoms with E-state index in [-0.39, 0.29) is 0 Å². The van der Waals surface area contributed by atoms with Crippen LogP contribution in [0.25, 0.3) is 0 Å². The lowest BCUT2D eigenvalue weighted by atomic mass is 9.92. The lowest BCUT2D eigenvalue weighted by Crippen LogP contribution is -2.38. The van der Waals surface area contributed by atoms with Crippen LogP contribution in [0, 0.1) is 11.8 Å². The lowest BCUT2D eigenvalue weighted by molar-refractivity contribution is 0.121. The lowest BCUT2D eigenvalue weighted by Gasteiger charge is -2.33. The van der Waals surface area contributed by atoms with Gasteiger partial charge in [0.2, 0.25) is 5.89 Å². The molecule has 1 fully saturated rings. The van der Waals surface area contributed by atoms with E-state index in [1.165, 1.54) is 6.42 Å². The van der Waals surface area contributed by atoms with Crippen LogP contribution in [-0.4, -0.2) is 28.1 Å². The molecule has 0 radical (unpaired) electrons. The van der Waals surface area contributed by atoms with Gasteiger partial charge in [0.1, 0.15) is 0 Å². The molecule has 4 heteroatoms. The van der Waals surface area contributed by atoms with Crippen LogP contribution < -0.4 is 0 Å². The Morgan fingerprint density at radius 2 is 1.94 bits per heavy atom. The Kier molecular flexibility index (Phi) is 3.82. The Morgan fingerprint density at radius 3 is 2.47 bits per heavy atom. The molecule has 0 saturated carbocycles. The van der Waals surface area contributed by atoms with Crippen molar-refractivity contribution < 1.29 is 4.52 Å². The first-order valence-corrected chi connectivity index (χ1v) is 6.59. The van der Waals surface area contributed by atoms with Gasteiger partial charge in [-0.1, -0.05) is 32.9 Å². The zero-order valence-electron chi connectivity index (χ0n) is 11.3. The third-order valence-electron chi connectivity index (χ3n) is 3.30. The van der Waals surface area contributed by atoms with E-state index in [1.807, 2.05) is 0 Å². The summed E-state index contributed by atoms with van der Waals surface area (Å²) in [6.45, 7) is 11.9. The normalized spacial score (nSPS) is 26.6. The van der Waals surface area contributed by atoms with Gasteiger partial charge in [0.15, 0.2) is 5.82 Å². The molecule has 4 nitrogen and oxygen atoms in total. The monoisotopic (exact) mass is 237 g/mol. The van der Waals surface area contributed by atoms with Crippen molar-refractivity contribution >= 4 is 0 Å². The van der Waals surface area contributed by atoms with Crippen LogP contribution in [0.2, 0.25) is 0 Å². The van der Waals surface area contributed by atoms with Crippen molar-refractivity contribution in [2.24, 2.45) is 11.8 Å². The van der Waals surface area contributed by atoms with Crippen molar-refractivity contribution in [2.75, 3.05) is 13.1 Å². The van der Waals surface area contributed by atoms with Gasteiger partial charge in [-0.2, -0.15) is 4.98 Å². The summed E-state index contributed by atoms with van der Waals surface area (Å²) in [5.74, 6) is 3.46. The summed E-state index contributed by atoms with van der Waals surface area (Å²) in [7, 11) is 0. The van der Waals surface area contributed by atoms with Crippen LogP contribution in [0.3, 0.4) is 0 Å². The summed E-state index contributed by atoms with van der Waals surface area (Å²) in [4.78, 5) is 6.86. The number of hydrogen-bond acceptors (Lipinski definition) is 4. The topological polar surface area (TPSA) is 42.2 Å². The highest BCUT2D eigenvalue weighted by Crippen LogP contribution is 2.22. The minimum atomic E-state index is 0.340. The Bertz CT molecular complexity index is 351. The first-order chi connectivity index (χ1) is 8.04. The summed E-state index contributed by atoms with van der Waals surface area (Å²) in [5, 5.41) is 4.01. The van der Waals surface area contributed by atoms with Crippen molar-refractivity contribution in [3.63, 3.8) is 0 Å². The van der Waals surface area contributed by atoms with Gasteiger partial charge in [0.05, 0.1) is 6.54 Å². The second-order valence-corrected chi connectivity index (χ2v) is 5.84. The van der Waals surface area contributed by atoms with E-state index in [2.05, 4.69) is 42.7 Å². The van der Waals surface area contributed by atoms with Crippen molar-refractivity contribution in [3.05, 3.63) is 11.7 Å². The Morgan fingerprint density at radius 1 is 1.29 bits per heavy atom. The van der Waals surface area contributed by atoms with E-state index < -0.39 is 0 Å². The summed E-state index contributed by atoms with van der Waals surface area (Å²) in [6.07, 6.45) is 1.33. The molecule has 0 spiro atoms.